The molecule has 0 bridgehead atoms. The van der Waals surface area contributed by atoms with Crippen molar-refractivity contribution < 1.29 is 9.90 Å². The molecule has 1 saturated heterocycles. The zero-order chi connectivity index (χ0) is 9.73. The minimum Gasteiger partial charge on any atom is -0.480 e. The van der Waals surface area contributed by atoms with Crippen molar-refractivity contribution in [3.8, 4) is 12.3 Å². The van der Waals surface area contributed by atoms with Crippen molar-refractivity contribution in [1.29, 1.82) is 0 Å². The van der Waals surface area contributed by atoms with Crippen LogP contribution < -0.4 is 5.32 Å². The van der Waals surface area contributed by atoms with Gasteiger partial charge in [0, 0.05) is 5.75 Å². The normalized spacial score (nSPS) is 27.9. The van der Waals surface area contributed by atoms with E-state index in [2.05, 4.69) is 11.2 Å². The first kappa shape index (κ1) is 10.4. The van der Waals surface area contributed by atoms with Gasteiger partial charge in [0.1, 0.15) is 5.54 Å². The highest BCUT2D eigenvalue weighted by Crippen LogP contribution is 2.26. The molecule has 1 rings (SSSR count). The second-order valence-corrected chi connectivity index (χ2v) is 4.21. The van der Waals surface area contributed by atoms with Crippen LogP contribution in [-0.4, -0.2) is 34.7 Å². The summed E-state index contributed by atoms with van der Waals surface area (Å²) >= 11 is 1.67. The molecule has 72 valence electrons. The Balaban J connectivity index is 2.62. The molecular weight excluding hydrogens is 186 g/mol. The Labute approximate surface area is 82.3 Å². The lowest BCUT2D eigenvalue weighted by atomic mass is 9.95. The maximum absolute atomic E-state index is 11.0. The molecular formula is C9H13NO2S. The fourth-order valence-corrected chi connectivity index (χ4v) is 2.61. The standard InChI is InChI=1S/C9H13NO2S/c1-2-5-10-9(8(11)12)4-3-6-13-7-9/h1,10H,3-7H2,(H,11,12). The van der Waals surface area contributed by atoms with Gasteiger partial charge in [-0.15, -0.1) is 6.42 Å². The highest BCUT2D eigenvalue weighted by molar-refractivity contribution is 7.99. The third kappa shape index (κ3) is 2.39. The van der Waals surface area contributed by atoms with E-state index in [-0.39, 0.29) is 0 Å². The Morgan fingerprint density at radius 1 is 1.77 bits per heavy atom. The molecule has 1 aliphatic heterocycles. The summed E-state index contributed by atoms with van der Waals surface area (Å²) in [6.45, 7) is 0.326. The van der Waals surface area contributed by atoms with Gasteiger partial charge in [0.2, 0.25) is 0 Å². The minimum absolute atomic E-state index is 0.326. The molecule has 0 aromatic carbocycles. The lowest BCUT2D eigenvalue weighted by Crippen LogP contribution is -2.55. The largest absolute Gasteiger partial charge is 0.480 e. The monoisotopic (exact) mass is 199 g/mol. The van der Waals surface area contributed by atoms with Crippen molar-refractivity contribution >= 4 is 17.7 Å². The highest BCUT2D eigenvalue weighted by Gasteiger charge is 2.39. The van der Waals surface area contributed by atoms with E-state index >= 15 is 0 Å². The molecule has 1 unspecified atom stereocenters. The van der Waals surface area contributed by atoms with Crippen molar-refractivity contribution in [2.24, 2.45) is 0 Å². The van der Waals surface area contributed by atoms with E-state index in [9.17, 15) is 4.79 Å². The molecule has 1 atom stereocenters. The Hall–Kier alpha value is -0.660. The fourth-order valence-electron chi connectivity index (χ4n) is 1.40. The molecule has 2 N–H and O–H groups in total. The van der Waals surface area contributed by atoms with Crippen LogP contribution >= 0.6 is 11.8 Å². The summed E-state index contributed by atoms with van der Waals surface area (Å²) < 4.78 is 0. The van der Waals surface area contributed by atoms with Crippen molar-refractivity contribution in [2.75, 3.05) is 18.1 Å². The van der Waals surface area contributed by atoms with E-state index in [1.54, 1.807) is 11.8 Å². The summed E-state index contributed by atoms with van der Waals surface area (Å²) in [5, 5.41) is 12.0. The quantitative estimate of drug-likeness (QED) is 0.652. The zero-order valence-corrected chi connectivity index (χ0v) is 8.19. The van der Waals surface area contributed by atoms with Gasteiger partial charge in [-0.3, -0.25) is 10.1 Å². The molecule has 0 radical (unpaired) electrons. The van der Waals surface area contributed by atoms with Gasteiger partial charge in [-0.25, -0.2) is 0 Å². The number of carboxylic acid groups (broad SMARTS) is 1. The number of rotatable bonds is 3. The summed E-state index contributed by atoms with van der Waals surface area (Å²) in [5.74, 6) is 3.29. The van der Waals surface area contributed by atoms with Crippen molar-refractivity contribution in [1.82, 2.24) is 5.32 Å². The maximum atomic E-state index is 11.0. The number of thioether (sulfide) groups is 1. The van der Waals surface area contributed by atoms with E-state index in [0.29, 0.717) is 18.7 Å². The van der Waals surface area contributed by atoms with Crippen LogP contribution in [0.2, 0.25) is 0 Å². The molecule has 0 aromatic rings. The van der Waals surface area contributed by atoms with Gasteiger partial charge in [-0.05, 0) is 18.6 Å². The molecule has 3 nitrogen and oxygen atoms in total. The number of carbonyl (C=O) groups is 1. The van der Waals surface area contributed by atoms with Crippen molar-refractivity contribution in [3.05, 3.63) is 0 Å². The van der Waals surface area contributed by atoms with Crippen LogP contribution in [0.4, 0.5) is 0 Å². The molecule has 0 aromatic heterocycles. The van der Waals surface area contributed by atoms with Crippen LogP contribution in [0.25, 0.3) is 0 Å². The van der Waals surface area contributed by atoms with E-state index in [1.165, 1.54) is 0 Å². The first-order valence-corrected chi connectivity index (χ1v) is 5.36. The van der Waals surface area contributed by atoms with Gasteiger partial charge in [-0.1, -0.05) is 5.92 Å². The topological polar surface area (TPSA) is 49.3 Å². The average Bonchev–Trinajstić information content (AvgIpc) is 2.16. The summed E-state index contributed by atoms with van der Waals surface area (Å²) in [5.41, 5.74) is -0.782. The van der Waals surface area contributed by atoms with E-state index in [0.717, 1.165) is 12.2 Å². The van der Waals surface area contributed by atoms with Gasteiger partial charge in [-0.2, -0.15) is 11.8 Å². The van der Waals surface area contributed by atoms with Gasteiger partial charge in [0.05, 0.1) is 6.54 Å². The Morgan fingerprint density at radius 2 is 2.54 bits per heavy atom. The van der Waals surface area contributed by atoms with Crippen molar-refractivity contribution in [3.63, 3.8) is 0 Å². The Morgan fingerprint density at radius 3 is 3.00 bits per heavy atom. The number of hydrogen-bond acceptors (Lipinski definition) is 3. The number of aliphatic carboxylic acids is 1. The SMILES string of the molecule is C#CCNC1(C(=O)O)CCCSC1. The Bertz CT molecular complexity index is 228. The zero-order valence-electron chi connectivity index (χ0n) is 7.38. The van der Waals surface area contributed by atoms with Crippen molar-refractivity contribution in [2.45, 2.75) is 18.4 Å². The molecule has 1 aliphatic rings. The predicted octanol–water partition coefficient (Wildman–Crippen LogP) is 0.560. The lowest BCUT2D eigenvalue weighted by molar-refractivity contribution is -0.144. The smallest absolute Gasteiger partial charge is 0.324 e. The minimum atomic E-state index is -0.782. The van der Waals surface area contributed by atoms with Gasteiger partial charge in [0.15, 0.2) is 0 Å². The van der Waals surface area contributed by atoms with Gasteiger partial charge in [0.25, 0.3) is 0 Å². The lowest BCUT2D eigenvalue weighted by Gasteiger charge is -2.33. The van der Waals surface area contributed by atoms with E-state index in [1.807, 2.05) is 0 Å². The summed E-state index contributed by atoms with van der Waals surface area (Å²) in [7, 11) is 0. The highest BCUT2D eigenvalue weighted by atomic mass is 32.2. The molecule has 1 fully saturated rings. The number of hydrogen-bond donors (Lipinski definition) is 2. The third-order valence-electron chi connectivity index (χ3n) is 2.18. The second-order valence-electron chi connectivity index (χ2n) is 3.10. The van der Waals surface area contributed by atoms with E-state index in [4.69, 9.17) is 11.5 Å². The molecule has 0 amide bonds. The third-order valence-corrected chi connectivity index (χ3v) is 3.45. The second kappa shape index (κ2) is 4.54. The van der Waals surface area contributed by atoms with Crippen LogP contribution in [0.5, 0.6) is 0 Å². The molecule has 0 aliphatic carbocycles. The van der Waals surface area contributed by atoms with Gasteiger partial charge < -0.3 is 5.11 Å². The van der Waals surface area contributed by atoms with Crippen LogP contribution in [0.1, 0.15) is 12.8 Å². The van der Waals surface area contributed by atoms with Crippen LogP contribution in [0, 0.1) is 12.3 Å². The van der Waals surface area contributed by atoms with Crippen LogP contribution in [-0.2, 0) is 4.79 Å². The predicted molar refractivity (Wildman–Crippen MR) is 53.8 cm³/mol. The first-order chi connectivity index (χ1) is 6.21. The number of nitrogens with one attached hydrogen (secondary N) is 1. The van der Waals surface area contributed by atoms with E-state index < -0.39 is 11.5 Å². The molecule has 0 spiro atoms. The van der Waals surface area contributed by atoms with Crippen LogP contribution in [0.3, 0.4) is 0 Å². The number of terminal acetylenes is 1. The summed E-state index contributed by atoms with van der Waals surface area (Å²) in [4.78, 5) is 11.0. The summed E-state index contributed by atoms with van der Waals surface area (Å²) in [6.07, 6.45) is 6.71. The maximum Gasteiger partial charge on any atom is 0.324 e. The Kier molecular flexibility index (Phi) is 3.64. The summed E-state index contributed by atoms with van der Waals surface area (Å²) in [6, 6.07) is 0. The molecule has 1 heterocycles. The average molecular weight is 199 g/mol. The molecule has 0 saturated carbocycles. The molecule has 4 heteroatoms. The van der Waals surface area contributed by atoms with Crippen LogP contribution in [0.15, 0.2) is 0 Å². The number of carboxylic acids is 1. The fraction of sp³-hybridized carbons (Fsp3) is 0.667. The molecule has 13 heavy (non-hydrogen) atoms. The van der Waals surface area contributed by atoms with Gasteiger partial charge >= 0.3 is 5.97 Å². The first-order valence-electron chi connectivity index (χ1n) is 4.21.